The highest BCUT2D eigenvalue weighted by molar-refractivity contribution is 5.68. The van der Waals surface area contributed by atoms with E-state index in [9.17, 15) is 14.3 Å². The topological polar surface area (TPSA) is 85.2 Å². The number of aryl methyl sites for hydroxylation is 1. The minimum atomic E-state index is -0.862. The van der Waals surface area contributed by atoms with Crippen LogP contribution in [0.15, 0.2) is 54.6 Å². The van der Waals surface area contributed by atoms with Crippen LogP contribution in [-0.4, -0.2) is 28.4 Å². The van der Waals surface area contributed by atoms with Crippen molar-refractivity contribution in [3.8, 4) is 23.0 Å². The molecule has 5 rings (SSSR count). The SMILES string of the molecule is CC(C)(O)CCc1ccc(Oc2ccc(F)c3c2CC[C@H]3Oc2ccc3c(c2)OC[C@H]3CC(=O)O)cc1. The molecule has 2 N–H and O–H groups in total. The van der Waals surface area contributed by atoms with Crippen molar-refractivity contribution in [3.05, 3.63) is 82.7 Å². The number of aliphatic hydroxyl groups is 1. The van der Waals surface area contributed by atoms with Crippen molar-refractivity contribution < 1.29 is 33.6 Å². The summed E-state index contributed by atoms with van der Waals surface area (Å²) in [6.07, 6.45) is 2.22. The number of carboxylic acids is 1. The molecule has 0 unspecified atom stereocenters. The van der Waals surface area contributed by atoms with Gasteiger partial charge in [-0.05, 0) is 75.4 Å². The van der Waals surface area contributed by atoms with Crippen LogP contribution in [0.3, 0.4) is 0 Å². The van der Waals surface area contributed by atoms with Crippen molar-refractivity contribution in [2.75, 3.05) is 6.61 Å². The second-order valence-corrected chi connectivity index (χ2v) is 10.4. The van der Waals surface area contributed by atoms with E-state index in [1.54, 1.807) is 32.0 Å². The molecule has 2 atom stereocenters. The number of aliphatic carboxylic acids is 1. The van der Waals surface area contributed by atoms with Crippen molar-refractivity contribution in [2.45, 2.75) is 63.6 Å². The number of benzene rings is 3. The van der Waals surface area contributed by atoms with Crippen molar-refractivity contribution in [1.29, 1.82) is 0 Å². The Kier molecular flexibility index (Phi) is 6.82. The third kappa shape index (κ3) is 5.72. The molecule has 0 saturated carbocycles. The van der Waals surface area contributed by atoms with Gasteiger partial charge in [0.15, 0.2) is 0 Å². The molecule has 0 fully saturated rings. The van der Waals surface area contributed by atoms with Crippen LogP contribution in [0.25, 0.3) is 0 Å². The average Bonchev–Trinajstić information content (AvgIpc) is 3.44. The molecule has 3 aromatic carbocycles. The lowest BCUT2D eigenvalue weighted by molar-refractivity contribution is -0.137. The Morgan fingerprint density at radius 3 is 2.59 bits per heavy atom. The normalized spacial score (nSPS) is 18.2. The molecule has 194 valence electrons. The monoisotopic (exact) mass is 506 g/mol. The number of carbonyl (C=O) groups is 1. The van der Waals surface area contributed by atoms with Gasteiger partial charge in [-0.25, -0.2) is 4.39 Å². The van der Waals surface area contributed by atoms with Crippen LogP contribution in [0.2, 0.25) is 0 Å². The van der Waals surface area contributed by atoms with Crippen LogP contribution >= 0.6 is 0 Å². The van der Waals surface area contributed by atoms with Gasteiger partial charge in [0.05, 0.1) is 18.6 Å². The second kappa shape index (κ2) is 10.1. The van der Waals surface area contributed by atoms with Crippen molar-refractivity contribution in [3.63, 3.8) is 0 Å². The van der Waals surface area contributed by atoms with E-state index >= 15 is 0 Å². The summed E-state index contributed by atoms with van der Waals surface area (Å²) < 4.78 is 33.0. The van der Waals surface area contributed by atoms with Crippen molar-refractivity contribution in [2.24, 2.45) is 0 Å². The molecule has 2 aliphatic rings. The number of rotatable bonds is 9. The quantitative estimate of drug-likeness (QED) is 0.352. The minimum Gasteiger partial charge on any atom is -0.492 e. The number of carboxylic acid groups (broad SMARTS) is 1. The highest BCUT2D eigenvalue weighted by atomic mass is 19.1. The Bertz CT molecular complexity index is 1290. The van der Waals surface area contributed by atoms with E-state index in [1.165, 1.54) is 6.07 Å². The van der Waals surface area contributed by atoms with E-state index in [2.05, 4.69) is 0 Å². The van der Waals surface area contributed by atoms with Gasteiger partial charge < -0.3 is 24.4 Å². The van der Waals surface area contributed by atoms with E-state index in [4.69, 9.17) is 19.3 Å². The molecule has 0 aromatic heterocycles. The van der Waals surface area contributed by atoms with Gasteiger partial charge in [-0.15, -0.1) is 0 Å². The van der Waals surface area contributed by atoms with Crippen molar-refractivity contribution in [1.82, 2.24) is 0 Å². The van der Waals surface area contributed by atoms with E-state index in [0.717, 1.165) is 23.1 Å². The predicted octanol–water partition coefficient (Wildman–Crippen LogP) is 6.34. The molecule has 1 aliphatic carbocycles. The minimum absolute atomic E-state index is 0.0146. The fourth-order valence-electron chi connectivity index (χ4n) is 5.03. The third-order valence-corrected chi connectivity index (χ3v) is 6.98. The summed E-state index contributed by atoms with van der Waals surface area (Å²) in [4.78, 5) is 11.1. The zero-order valence-electron chi connectivity index (χ0n) is 21.0. The lowest BCUT2D eigenvalue weighted by Crippen LogP contribution is -2.19. The molecular formula is C30H31FO6. The molecule has 7 heteroatoms. The van der Waals surface area contributed by atoms with Gasteiger partial charge in [-0.3, -0.25) is 4.79 Å². The molecule has 0 spiro atoms. The molecule has 3 aromatic rings. The molecule has 37 heavy (non-hydrogen) atoms. The van der Waals surface area contributed by atoms with Gasteiger partial charge in [-0.1, -0.05) is 18.2 Å². The predicted molar refractivity (Wildman–Crippen MR) is 136 cm³/mol. The Morgan fingerprint density at radius 1 is 1.11 bits per heavy atom. The van der Waals surface area contributed by atoms with Gasteiger partial charge >= 0.3 is 5.97 Å². The average molecular weight is 507 g/mol. The fraction of sp³-hybridized carbons (Fsp3) is 0.367. The van der Waals surface area contributed by atoms with Gasteiger partial charge in [-0.2, -0.15) is 0 Å². The molecule has 1 aliphatic heterocycles. The fourth-order valence-corrected chi connectivity index (χ4v) is 5.03. The maximum absolute atomic E-state index is 15.0. The van der Waals surface area contributed by atoms with E-state index in [-0.39, 0.29) is 18.2 Å². The molecular weight excluding hydrogens is 475 g/mol. The Hall–Kier alpha value is -3.58. The van der Waals surface area contributed by atoms with Crippen LogP contribution < -0.4 is 14.2 Å². The second-order valence-electron chi connectivity index (χ2n) is 10.4. The maximum atomic E-state index is 15.0. The van der Waals surface area contributed by atoms with Crippen LogP contribution in [0.5, 0.6) is 23.0 Å². The summed E-state index contributed by atoms with van der Waals surface area (Å²) in [6.45, 7) is 3.92. The van der Waals surface area contributed by atoms with Gasteiger partial charge in [0.1, 0.15) is 34.9 Å². The molecule has 0 bridgehead atoms. The summed E-state index contributed by atoms with van der Waals surface area (Å²) in [5.74, 6) is 1.08. The van der Waals surface area contributed by atoms with Gasteiger partial charge in [0.2, 0.25) is 0 Å². The standard InChI is InChI=1S/C30H31FO6/c1-30(2,34)14-13-18-3-5-20(6-4-18)36-25-12-10-24(31)29-23(25)9-11-26(29)37-21-7-8-22-19(15-28(32)33)17-35-27(22)16-21/h3-8,10,12,16,19,26,34H,9,11,13-15,17H2,1-2H3,(H,32,33)/t19-,26-/m1/s1. The smallest absolute Gasteiger partial charge is 0.304 e. The van der Waals surface area contributed by atoms with Crippen LogP contribution in [0, 0.1) is 5.82 Å². The highest BCUT2D eigenvalue weighted by Crippen LogP contribution is 2.44. The Balaban J connectivity index is 1.29. The van der Waals surface area contributed by atoms with E-state index in [0.29, 0.717) is 54.4 Å². The summed E-state index contributed by atoms with van der Waals surface area (Å²) in [7, 11) is 0. The number of fused-ring (bicyclic) bond motifs is 2. The zero-order valence-corrected chi connectivity index (χ0v) is 21.0. The highest BCUT2D eigenvalue weighted by Gasteiger charge is 2.32. The number of hydrogen-bond acceptors (Lipinski definition) is 5. The number of hydrogen-bond donors (Lipinski definition) is 2. The number of halogens is 1. The summed E-state index contributed by atoms with van der Waals surface area (Å²) in [5.41, 5.74) is 2.56. The van der Waals surface area contributed by atoms with Crippen LogP contribution in [-0.2, 0) is 17.6 Å². The van der Waals surface area contributed by atoms with Crippen LogP contribution in [0.1, 0.15) is 67.4 Å². The Morgan fingerprint density at radius 2 is 1.86 bits per heavy atom. The van der Waals surface area contributed by atoms with Gasteiger partial charge in [0, 0.05) is 28.7 Å². The first-order chi connectivity index (χ1) is 17.7. The van der Waals surface area contributed by atoms with Crippen molar-refractivity contribution >= 4 is 5.97 Å². The molecule has 0 saturated heterocycles. The lowest BCUT2D eigenvalue weighted by Gasteiger charge is -2.18. The molecule has 6 nitrogen and oxygen atoms in total. The third-order valence-electron chi connectivity index (χ3n) is 6.98. The first-order valence-corrected chi connectivity index (χ1v) is 12.6. The lowest BCUT2D eigenvalue weighted by atomic mass is 9.98. The van der Waals surface area contributed by atoms with Gasteiger partial charge in [0.25, 0.3) is 0 Å². The number of ether oxygens (including phenoxy) is 3. The molecule has 0 radical (unpaired) electrons. The largest absolute Gasteiger partial charge is 0.492 e. The van der Waals surface area contributed by atoms with E-state index < -0.39 is 17.7 Å². The summed E-state index contributed by atoms with van der Waals surface area (Å²) in [6, 6.07) is 16.2. The zero-order chi connectivity index (χ0) is 26.2. The first kappa shape index (κ1) is 25.1. The molecule has 1 heterocycles. The summed E-state index contributed by atoms with van der Waals surface area (Å²) >= 11 is 0. The van der Waals surface area contributed by atoms with E-state index in [1.807, 2.05) is 30.3 Å². The first-order valence-electron chi connectivity index (χ1n) is 12.6. The van der Waals surface area contributed by atoms with Crippen LogP contribution in [0.4, 0.5) is 4.39 Å². The summed E-state index contributed by atoms with van der Waals surface area (Å²) in [5, 5.41) is 19.0. The maximum Gasteiger partial charge on any atom is 0.304 e. The molecule has 0 amide bonds. The Labute approximate surface area is 215 Å².